The molecule has 0 saturated carbocycles. The summed E-state index contributed by atoms with van der Waals surface area (Å²) in [5, 5.41) is 0. The zero-order valence-electron chi connectivity index (χ0n) is 6.95. The molecule has 0 aliphatic rings. The van der Waals surface area contributed by atoms with Crippen molar-refractivity contribution in [2.45, 2.75) is 20.3 Å². The zero-order valence-corrected chi connectivity index (χ0v) is 9.43. The van der Waals surface area contributed by atoms with Gasteiger partial charge in [-0.05, 0) is 13.3 Å². The summed E-state index contributed by atoms with van der Waals surface area (Å²) in [7, 11) is -0.423. The fraction of sp³-hybridized carbons (Fsp3) is 1.00. The van der Waals surface area contributed by atoms with Gasteiger partial charge in [0.05, 0.1) is 12.3 Å². The second-order valence-electron chi connectivity index (χ2n) is 2.98. The summed E-state index contributed by atoms with van der Waals surface area (Å²) in [6.07, 6.45) is 4.26. The Labute approximate surface area is 70.5 Å². The van der Waals surface area contributed by atoms with Gasteiger partial charge in [0, 0.05) is 20.6 Å². The van der Waals surface area contributed by atoms with Crippen molar-refractivity contribution in [3.63, 3.8) is 0 Å². The maximum atomic E-state index is 2.44. The molecule has 58 valence electrons. The lowest BCUT2D eigenvalue weighted by Crippen LogP contribution is -3.00. The molecule has 0 amide bonds. The standard InChI is InChI=1S/C7H18P.BrH/c1-5-7-8(3,4)6-2;/h5-7H2,1-4H3;1H/q+1;/p-1. The van der Waals surface area contributed by atoms with E-state index in [0.29, 0.717) is 0 Å². The third-order valence-corrected chi connectivity index (χ3v) is 5.05. The molecule has 0 rings (SSSR count). The van der Waals surface area contributed by atoms with Crippen LogP contribution in [0.2, 0.25) is 0 Å². The first-order chi connectivity index (χ1) is 3.62. The van der Waals surface area contributed by atoms with Gasteiger partial charge in [0.2, 0.25) is 0 Å². The molecular weight excluding hydrogens is 195 g/mol. The number of rotatable bonds is 3. The van der Waals surface area contributed by atoms with E-state index in [0.717, 1.165) is 0 Å². The molecule has 0 spiro atoms. The van der Waals surface area contributed by atoms with Crippen molar-refractivity contribution in [1.82, 2.24) is 0 Å². The van der Waals surface area contributed by atoms with Crippen LogP contribution in [0.25, 0.3) is 0 Å². The fourth-order valence-corrected chi connectivity index (χ4v) is 2.29. The predicted molar refractivity (Wildman–Crippen MR) is 44.5 cm³/mol. The first-order valence-electron chi connectivity index (χ1n) is 3.44. The average Bonchev–Trinajstić information content (AvgIpc) is 1.67. The minimum atomic E-state index is -0.423. The Balaban J connectivity index is 0. The highest BCUT2D eigenvalue weighted by atomic mass is 79.9. The summed E-state index contributed by atoms with van der Waals surface area (Å²) in [5.41, 5.74) is 0. The van der Waals surface area contributed by atoms with E-state index in [4.69, 9.17) is 0 Å². The molecule has 0 atom stereocenters. The third kappa shape index (κ3) is 6.80. The topological polar surface area (TPSA) is 0 Å². The summed E-state index contributed by atoms with van der Waals surface area (Å²) in [4.78, 5) is 0. The first-order valence-corrected chi connectivity index (χ1v) is 6.49. The lowest BCUT2D eigenvalue weighted by molar-refractivity contribution is -0.00000209. The molecule has 0 aliphatic heterocycles. The van der Waals surface area contributed by atoms with Gasteiger partial charge in [0.1, 0.15) is 0 Å². The third-order valence-electron chi connectivity index (χ3n) is 1.68. The highest BCUT2D eigenvalue weighted by molar-refractivity contribution is 7.74. The summed E-state index contributed by atoms with van der Waals surface area (Å²) >= 11 is 0. The largest absolute Gasteiger partial charge is 1.00 e. The molecule has 0 radical (unpaired) electrons. The van der Waals surface area contributed by atoms with Crippen molar-refractivity contribution in [3.05, 3.63) is 0 Å². The lowest BCUT2D eigenvalue weighted by atomic mass is 10.6. The minimum absolute atomic E-state index is 0. The lowest BCUT2D eigenvalue weighted by Gasteiger charge is -2.13. The smallest absolute Gasteiger partial charge is 0.0586 e. The number of halogens is 1. The monoisotopic (exact) mass is 212 g/mol. The van der Waals surface area contributed by atoms with Crippen LogP contribution in [-0.4, -0.2) is 25.7 Å². The van der Waals surface area contributed by atoms with Gasteiger partial charge in [-0.25, -0.2) is 0 Å². The molecule has 0 saturated heterocycles. The quantitative estimate of drug-likeness (QED) is 0.564. The van der Waals surface area contributed by atoms with Crippen molar-refractivity contribution in [2.75, 3.05) is 25.7 Å². The van der Waals surface area contributed by atoms with Gasteiger partial charge in [0.15, 0.2) is 0 Å². The van der Waals surface area contributed by atoms with Gasteiger partial charge in [-0.2, -0.15) is 0 Å². The number of hydrogen-bond acceptors (Lipinski definition) is 0. The SMILES string of the molecule is CCC[P+](C)(C)CC.[Br-]. The van der Waals surface area contributed by atoms with Gasteiger partial charge >= 0.3 is 0 Å². The Kier molecular flexibility index (Phi) is 7.93. The van der Waals surface area contributed by atoms with Crippen molar-refractivity contribution < 1.29 is 17.0 Å². The summed E-state index contributed by atoms with van der Waals surface area (Å²) in [6.45, 7) is 9.47. The van der Waals surface area contributed by atoms with Crippen LogP contribution in [-0.2, 0) is 0 Å². The Morgan fingerprint density at radius 3 is 1.67 bits per heavy atom. The molecule has 0 fully saturated rings. The Morgan fingerprint density at radius 1 is 1.11 bits per heavy atom. The van der Waals surface area contributed by atoms with Crippen molar-refractivity contribution in [3.8, 4) is 0 Å². The average molecular weight is 213 g/mol. The van der Waals surface area contributed by atoms with Crippen molar-refractivity contribution >= 4 is 7.26 Å². The summed E-state index contributed by atoms with van der Waals surface area (Å²) in [5.74, 6) is 0. The Bertz CT molecular complexity index is 61.9. The van der Waals surface area contributed by atoms with Crippen LogP contribution >= 0.6 is 7.26 Å². The second-order valence-corrected chi connectivity index (χ2v) is 7.93. The van der Waals surface area contributed by atoms with Crippen LogP contribution < -0.4 is 17.0 Å². The molecule has 0 bridgehead atoms. The van der Waals surface area contributed by atoms with E-state index in [1.54, 1.807) is 0 Å². The van der Waals surface area contributed by atoms with Crippen LogP contribution in [0.4, 0.5) is 0 Å². The predicted octanol–water partition coefficient (Wildman–Crippen LogP) is -0.302. The molecule has 0 aromatic heterocycles. The molecule has 0 unspecified atom stereocenters. The molecule has 0 N–H and O–H groups in total. The summed E-state index contributed by atoms with van der Waals surface area (Å²) < 4.78 is 0. The van der Waals surface area contributed by atoms with Crippen molar-refractivity contribution in [1.29, 1.82) is 0 Å². The van der Waals surface area contributed by atoms with E-state index in [9.17, 15) is 0 Å². The van der Waals surface area contributed by atoms with E-state index in [1.807, 2.05) is 0 Å². The van der Waals surface area contributed by atoms with Crippen LogP contribution in [0, 0.1) is 0 Å². The van der Waals surface area contributed by atoms with E-state index in [-0.39, 0.29) is 17.0 Å². The van der Waals surface area contributed by atoms with Crippen LogP contribution in [0.3, 0.4) is 0 Å². The maximum absolute atomic E-state index is 2.44. The Hall–Kier alpha value is 0.910. The molecule has 0 aromatic rings. The maximum Gasteiger partial charge on any atom is 0.0586 e. The molecule has 0 aliphatic carbocycles. The van der Waals surface area contributed by atoms with Gasteiger partial charge in [-0.3, -0.25) is 0 Å². The van der Waals surface area contributed by atoms with E-state index >= 15 is 0 Å². The van der Waals surface area contributed by atoms with Crippen LogP contribution in [0.5, 0.6) is 0 Å². The molecule has 0 nitrogen and oxygen atoms in total. The highest BCUT2D eigenvalue weighted by Crippen LogP contribution is 2.50. The minimum Gasteiger partial charge on any atom is -1.00 e. The van der Waals surface area contributed by atoms with Crippen LogP contribution in [0.15, 0.2) is 0 Å². The van der Waals surface area contributed by atoms with E-state index in [1.165, 1.54) is 18.7 Å². The van der Waals surface area contributed by atoms with E-state index < -0.39 is 7.26 Å². The zero-order chi connectivity index (χ0) is 6.62. The van der Waals surface area contributed by atoms with Gasteiger partial charge in [-0.1, -0.05) is 6.92 Å². The molecule has 0 aromatic carbocycles. The normalized spacial score (nSPS) is 10.7. The van der Waals surface area contributed by atoms with Gasteiger partial charge < -0.3 is 17.0 Å². The van der Waals surface area contributed by atoms with Crippen molar-refractivity contribution in [2.24, 2.45) is 0 Å². The Morgan fingerprint density at radius 2 is 1.56 bits per heavy atom. The molecule has 9 heavy (non-hydrogen) atoms. The fourth-order valence-electron chi connectivity index (χ4n) is 0.763. The molecule has 0 heterocycles. The van der Waals surface area contributed by atoms with E-state index in [2.05, 4.69) is 27.2 Å². The van der Waals surface area contributed by atoms with Gasteiger partial charge in [0.25, 0.3) is 0 Å². The first kappa shape index (κ1) is 12.6. The highest BCUT2D eigenvalue weighted by Gasteiger charge is 2.19. The number of hydrogen-bond donors (Lipinski definition) is 0. The summed E-state index contributed by atoms with van der Waals surface area (Å²) in [6, 6.07) is 0. The van der Waals surface area contributed by atoms with Crippen LogP contribution in [0.1, 0.15) is 20.3 Å². The molecule has 2 heteroatoms. The second kappa shape index (κ2) is 5.68. The molecular formula is C7H18BrP. The van der Waals surface area contributed by atoms with Gasteiger partial charge in [-0.15, -0.1) is 0 Å².